The van der Waals surface area contributed by atoms with E-state index in [-0.39, 0.29) is 11.6 Å². The third-order valence-electron chi connectivity index (χ3n) is 3.99. The molecule has 2 rings (SSSR count). The Morgan fingerprint density at radius 3 is 2.53 bits per heavy atom. The van der Waals surface area contributed by atoms with Gasteiger partial charge in [0.1, 0.15) is 11.9 Å². The van der Waals surface area contributed by atoms with Gasteiger partial charge in [0, 0.05) is 11.6 Å². The van der Waals surface area contributed by atoms with E-state index in [1.807, 2.05) is 4.90 Å². The number of nitrogens with zero attached hydrogens (tertiary/aromatic N) is 1. The molecule has 0 aliphatic heterocycles. The molecule has 4 heteroatoms. The van der Waals surface area contributed by atoms with Crippen molar-refractivity contribution in [3.63, 3.8) is 0 Å². The van der Waals surface area contributed by atoms with Gasteiger partial charge in [-0.05, 0) is 26.0 Å². The van der Waals surface area contributed by atoms with Crippen LogP contribution in [0.2, 0.25) is 0 Å². The quantitative estimate of drug-likeness (QED) is 0.908. The second kappa shape index (κ2) is 6.15. The summed E-state index contributed by atoms with van der Waals surface area (Å²) in [5.74, 6) is -1.43. The number of hydrogen-bond acceptors (Lipinski definition) is 2. The highest BCUT2D eigenvalue weighted by molar-refractivity contribution is 5.75. The van der Waals surface area contributed by atoms with Crippen LogP contribution < -0.4 is 0 Å². The molecule has 0 bridgehead atoms. The first kappa shape index (κ1) is 14.0. The predicted molar refractivity (Wildman–Crippen MR) is 71.4 cm³/mol. The minimum atomic E-state index is -0.988. The fourth-order valence-electron chi connectivity index (χ4n) is 2.92. The summed E-state index contributed by atoms with van der Waals surface area (Å²) in [6.45, 7) is 0. The van der Waals surface area contributed by atoms with Crippen molar-refractivity contribution in [2.45, 2.75) is 44.2 Å². The maximum absolute atomic E-state index is 13.8. The Hall–Kier alpha value is -1.42. The van der Waals surface area contributed by atoms with Gasteiger partial charge in [-0.3, -0.25) is 9.69 Å². The van der Waals surface area contributed by atoms with Crippen molar-refractivity contribution in [2.24, 2.45) is 0 Å². The zero-order valence-electron chi connectivity index (χ0n) is 11.2. The summed E-state index contributed by atoms with van der Waals surface area (Å²) >= 11 is 0. The summed E-state index contributed by atoms with van der Waals surface area (Å²) in [5, 5.41) is 9.44. The molecule has 104 valence electrons. The van der Waals surface area contributed by atoms with Gasteiger partial charge in [0.2, 0.25) is 0 Å². The Balaban J connectivity index is 2.25. The summed E-state index contributed by atoms with van der Waals surface area (Å²) in [6.07, 6.45) is 5.45. The van der Waals surface area contributed by atoms with Crippen molar-refractivity contribution in [1.29, 1.82) is 0 Å². The average Bonchev–Trinajstić information content (AvgIpc) is 2.42. The van der Waals surface area contributed by atoms with Crippen LogP contribution in [0.15, 0.2) is 24.3 Å². The zero-order chi connectivity index (χ0) is 13.8. The molecule has 1 aromatic carbocycles. The number of benzene rings is 1. The summed E-state index contributed by atoms with van der Waals surface area (Å²) in [6, 6.07) is 5.48. The molecule has 1 aliphatic rings. The van der Waals surface area contributed by atoms with E-state index in [4.69, 9.17) is 0 Å². The van der Waals surface area contributed by atoms with Crippen molar-refractivity contribution >= 4 is 5.97 Å². The number of carbonyl (C=O) groups is 1. The second-order valence-electron chi connectivity index (χ2n) is 5.22. The highest BCUT2D eigenvalue weighted by Gasteiger charge is 2.32. The van der Waals surface area contributed by atoms with Crippen molar-refractivity contribution in [1.82, 2.24) is 4.90 Å². The Labute approximate surface area is 113 Å². The van der Waals surface area contributed by atoms with Gasteiger partial charge in [-0.2, -0.15) is 0 Å². The van der Waals surface area contributed by atoms with Gasteiger partial charge in [0.05, 0.1) is 0 Å². The first-order chi connectivity index (χ1) is 9.11. The van der Waals surface area contributed by atoms with Gasteiger partial charge in [-0.25, -0.2) is 4.39 Å². The SMILES string of the molecule is CN(C1CCCCC1)C(C(=O)O)c1ccccc1F. The first-order valence-electron chi connectivity index (χ1n) is 6.80. The maximum Gasteiger partial charge on any atom is 0.325 e. The standard InChI is InChI=1S/C15H20FNO2/c1-17(11-7-3-2-4-8-11)14(15(18)19)12-9-5-6-10-13(12)16/h5-6,9-11,14H,2-4,7-8H2,1H3,(H,18,19). The number of rotatable bonds is 4. The van der Waals surface area contributed by atoms with E-state index in [1.54, 1.807) is 25.2 Å². The van der Waals surface area contributed by atoms with Crippen LogP contribution in [0.1, 0.15) is 43.7 Å². The van der Waals surface area contributed by atoms with E-state index in [0.29, 0.717) is 0 Å². The molecular weight excluding hydrogens is 245 g/mol. The van der Waals surface area contributed by atoms with Crippen LogP contribution in [0, 0.1) is 5.82 Å². The lowest BCUT2D eigenvalue weighted by atomic mass is 9.92. The van der Waals surface area contributed by atoms with E-state index >= 15 is 0 Å². The predicted octanol–water partition coefficient (Wildman–Crippen LogP) is 3.22. The molecule has 3 nitrogen and oxygen atoms in total. The third kappa shape index (κ3) is 3.13. The highest BCUT2D eigenvalue weighted by atomic mass is 19.1. The smallest absolute Gasteiger partial charge is 0.325 e. The van der Waals surface area contributed by atoms with E-state index < -0.39 is 17.8 Å². The fourth-order valence-corrected chi connectivity index (χ4v) is 2.92. The molecule has 0 saturated heterocycles. The molecule has 0 aromatic heterocycles. The Morgan fingerprint density at radius 2 is 1.95 bits per heavy atom. The van der Waals surface area contributed by atoms with E-state index in [9.17, 15) is 14.3 Å². The molecule has 1 unspecified atom stereocenters. The fraction of sp³-hybridized carbons (Fsp3) is 0.533. The summed E-state index contributed by atoms with van der Waals surface area (Å²) in [4.78, 5) is 13.3. The minimum absolute atomic E-state index is 0.231. The molecule has 0 spiro atoms. The zero-order valence-corrected chi connectivity index (χ0v) is 11.2. The Bertz CT molecular complexity index is 444. The number of hydrogen-bond donors (Lipinski definition) is 1. The number of halogens is 1. The summed E-state index contributed by atoms with van der Waals surface area (Å²) in [5.41, 5.74) is 0.253. The molecule has 0 amide bonds. The molecular formula is C15H20FNO2. The lowest BCUT2D eigenvalue weighted by Crippen LogP contribution is -2.40. The first-order valence-corrected chi connectivity index (χ1v) is 6.80. The van der Waals surface area contributed by atoms with Crippen molar-refractivity contribution in [3.05, 3.63) is 35.6 Å². The molecule has 1 aliphatic carbocycles. The van der Waals surface area contributed by atoms with Crippen LogP contribution in [0.3, 0.4) is 0 Å². The molecule has 0 radical (unpaired) electrons. The van der Waals surface area contributed by atoms with Crippen LogP contribution >= 0.6 is 0 Å². The minimum Gasteiger partial charge on any atom is -0.480 e. The van der Waals surface area contributed by atoms with Gasteiger partial charge in [0.25, 0.3) is 0 Å². The molecule has 1 N–H and O–H groups in total. The van der Waals surface area contributed by atoms with Gasteiger partial charge in [-0.1, -0.05) is 37.5 Å². The van der Waals surface area contributed by atoms with Crippen LogP contribution in [0.4, 0.5) is 4.39 Å². The molecule has 1 fully saturated rings. The van der Waals surface area contributed by atoms with Gasteiger partial charge in [-0.15, -0.1) is 0 Å². The van der Waals surface area contributed by atoms with Crippen molar-refractivity contribution < 1.29 is 14.3 Å². The molecule has 1 aromatic rings. The lowest BCUT2D eigenvalue weighted by molar-refractivity contribution is -0.144. The van der Waals surface area contributed by atoms with Gasteiger partial charge in [0.15, 0.2) is 0 Å². The maximum atomic E-state index is 13.8. The largest absolute Gasteiger partial charge is 0.480 e. The lowest BCUT2D eigenvalue weighted by Gasteiger charge is -2.35. The number of aliphatic carboxylic acids is 1. The van der Waals surface area contributed by atoms with Crippen molar-refractivity contribution in [2.75, 3.05) is 7.05 Å². The average molecular weight is 265 g/mol. The number of carboxylic acid groups (broad SMARTS) is 1. The van der Waals surface area contributed by atoms with Crippen molar-refractivity contribution in [3.8, 4) is 0 Å². The molecule has 19 heavy (non-hydrogen) atoms. The normalized spacial score (nSPS) is 18.5. The second-order valence-corrected chi connectivity index (χ2v) is 5.22. The van der Waals surface area contributed by atoms with Crippen LogP contribution in [-0.2, 0) is 4.79 Å². The summed E-state index contributed by atoms with van der Waals surface area (Å²) in [7, 11) is 1.79. The van der Waals surface area contributed by atoms with E-state index in [0.717, 1.165) is 25.7 Å². The van der Waals surface area contributed by atoms with Gasteiger partial charge >= 0.3 is 5.97 Å². The topological polar surface area (TPSA) is 40.5 Å². The Morgan fingerprint density at radius 1 is 1.32 bits per heavy atom. The Kier molecular flexibility index (Phi) is 4.53. The van der Waals surface area contributed by atoms with Crippen LogP contribution in [0.25, 0.3) is 0 Å². The highest BCUT2D eigenvalue weighted by Crippen LogP contribution is 2.30. The van der Waals surface area contributed by atoms with Crippen LogP contribution in [-0.4, -0.2) is 29.1 Å². The van der Waals surface area contributed by atoms with E-state index in [1.165, 1.54) is 12.5 Å². The number of likely N-dealkylation sites (N-methyl/N-ethyl adjacent to an activating group) is 1. The third-order valence-corrected chi connectivity index (χ3v) is 3.99. The molecule has 0 heterocycles. The van der Waals surface area contributed by atoms with Crippen LogP contribution in [0.5, 0.6) is 0 Å². The summed E-state index contributed by atoms with van der Waals surface area (Å²) < 4.78 is 13.8. The molecule has 1 atom stereocenters. The molecule has 1 saturated carbocycles. The van der Waals surface area contributed by atoms with E-state index in [2.05, 4.69) is 0 Å². The van der Waals surface area contributed by atoms with Gasteiger partial charge < -0.3 is 5.11 Å². The number of carboxylic acids is 1. The monoisotopic (exact) mass is 265 g/mol.